The molecule has 0 aliphatic carbocycles. The van der Waals surface area contributed by atoms with Crippen LogP contribution in [0.25, 0.3) is 11.3 Å². The van der Waals surface area contributed by atoms with Gasteiger partial charge in [0.1, 0.15) is 17.8 Å². The fourth-order valence-electron chi connectivity index (χ4n) is 9.79. The van der Waals surface area contributed by atoms with Gasteiger partial charge in [0.25, 0.3) is 0 Å². The van der Waals surface area contributed by atoms with E-state index in [9.17, 15) is 19.2 Å². The highest BCUT2D eigenvalue weighted by molar-refractivity contribution is 6.00. The van der Waals surface area contributed by atoms with Crippen LogP contribution in [-0.2, 0) is 44.6 Å². The lowest BCUT2D eigenvalue weighted by molar-refractivity contribution is -0.263. The van der Waals surface area contributed by atoms with Crippen LogP contribution < -0.4 is 0 Å². The number of nitrogens with zero attached hydrogens (tertiary/aromatic N) is 5. The van der Waals surface area contributed by atoms with Gasteiger partial charge in [-0.15, -0.1) is 6.58 Å². The van der Waals surface area contributed by atoms with Crippen molar-refractivity contribution in [2.75, 3.05) is 27.2 Å². The Hall–Kier alpha value is -3.98. The van der Waals surface area contributed by atoms with Crippen LogP contribution >= 0.6 is 0 Å². The van der Waals surface area contributed by atoms with Gasteiger partial charge in [-0.25, -0.2) is 9.78 Å². The van der Waals surface area contributed by atoms with Crippen LogP contribution in [0.2, 0.25) is 0 Å². The molecule has 2 aromatic rings. The average Bonchev–Trinajstić information content (AvgIpc) is 3.81. The first-order valence-corrected chi connectivity index (χ1v) is 21.8. The molecule has 3 aliphatic rings. The van der Waals surface area contributed by atoms with Gasteiger partial charge in [-0.05, 0) is 85.4 Å². The van der Waals surface area contributed by atoms with E-state index >= 15 is 0 Å². The SMILES string of the molecule is C=CCCN(C)[C@@H]1C[C@H](O[C@@H]2[C@@H](C)C(=O)[C@@H](C)C(=O)O[C@H](CC)[C@@]3(C)OC(=O)N(CCCCn4cnc(-c5cccnc5)c4)C3[C@@H](C)C(=O)[C@H](C)C[C@@]2(C)OC)O[C@H](C)C1. The number of ether oxygens (including phenoxy) is 5. The van der Waals surface area contributed by atoms with Crippen molar-refractivity contribution in [2.24, 2.45) is 23.7 Å². The molecule has 14 nitrogen and oxygen atoms in total. The fourth-order valence-corrected chi connectivity index (χ4v) is 9.79. The zero-order chi connectivity index (χ0) is 43.9. The molecule has 3 aliphatic heterocycles. The lowest BCUT2D eigenvalue weighted by Gasteiger charge is -2.46. The minimum absolute atomic E-state index is 0.102. The van der Waals surface area contributed by atoms with Crippen LogP contribution in [-0.4, -0.2) is 123 Å². The summed E-state index contributed by atoms with van der Waals surface area (Å²) < 4.78 is 33.8. The van der Waals surface area contributed by atoms with E-state index in [1.807, 2.05) is 63.6 Å². The van der Waals surface area contributed by atoms with Crippen molar-refractivity contribution in [1.82, 2.24) is 24.3 Å². The highest BCUT2D eigenvalue weighted by atomic mass is 16.7. The number of Topliss-reactive ketones (excluding diaryl/α,β-unsaturated/α-hetero) is 2. The molecule has 3 saturated heterocycles. The van der Waals surface area contributed by atoms with E-state index < -0.39 is 71.5 Å². The van der Waals surface area contributed by atoms with Gasteiger partial charge in [0.15, 0.2) is 17.7 Å². The topological polar surface area (TPSA) is 152 Å². The number of aryl methyl sites for hydroxylation is 1. The minimum Gasteiger partial charge on any atom is -0.458 e. The molecule has 2 aromatic heterocycles. The van der Waals surface area contributed by atoms with Crippen LogP contribution in [0.5, 0.6) is 0 Å². The summed E-state index contributed by atoms with van der Waals surface area (Å²) in [6.45, 7) is 20.1. The van der Waals surface area contributed by atoms with Crippen molar-refractivity contribution in [1.29, 1.82) is 0 Å². The van der Waals surface area contributed by atoms with E-state index in [0.29, 0.717) is 32.4 Å². The normalized spacial score (nSPS) is 34.5. The molecular formula is C46H69N5O9. The van der Waals surface area contributed by atoms with Crippen LogP contribution in [0, 0.1) is 23.7 Å². The highest BCUT2D eigenvalue weighted by Crippen LogP contribution is 2.43. The van der Waals surface area contributed by atoms with Gasteiger partial charge in [-0.2, -0.15) is 0 Å². The second-order valence-electron chi connectivity index (χ2n) is 17.8. The molecule has 0 N–H and O–H groups in total. The number of carbonyl (C=O) groups excluding carboxylic acids is 4. The molecule has 1 amide bonds. The molecule has 0 spiro atoms. The largest absolute Gasteiger partial charge is 0.458 e. The van der Waals surface area contributed by atoms with E-state index in [-0.39, 0.29) is 30.1 Å². The van der Waals surface area contributed by atoms with Crippen molar-refractivity contribution in [3.63, 3.8) is 0 Å². The first-order valence-electron chi connectivity index (χ1n) is 21.8. The number of amides is 1. The Morgan fingerprint density at radius 1 is 1.03 bits per heavy atom. The first kappa shape index (κ1) is 47.1. The molecule has 3 fully saturated rings. The second kappa shape index (κ2) is 20.3. The number of fused-ring (bicyclic) bond motifs is 1. The smallest absolute Gasteiger partial charge is 0.410 e. The Bertz CT molecular complexity index is 1790. The summed E-state index contributed by atoms with van der Waals surface area (Å²) in [7, 11) is 3.64. The number of rotatable bonds is 14. The summed E-state index contributed by atoms with van der Waals surface area (Å²) in [5.74, 6) is -4.51. The number of imidazole rings is 1. The van der Waals surface area contributed by atoms with Gasteiger partial charge < -0.3 is 38.1 Å². The summed E-state index contributed by atoms with van der Waals surface area (Å²) in [5, 5.41) is 0. The fraction of sp³-hybridized carbons (Fsp3) is 0.696. The van der Waals surface area contributed by atoms with Gasteiger partial charge in [0.05, 0.1) is 35.9 Å². The maximum Gasteiger partial charge on any atom is 0.410 e. The number of hydrogen-bond donors (Lipinski definition) is 0. The van der Waals surface area contributed by atoms with Gasteiger partial charge >= 0.3 is 12.1 Å². The van der Waals surface area contributed by atoms with Crippen LogP contribution in [0.4, 0.5) is 4.79 Å². The average molecular weight is 836 g/mol. The predicted octanol–water partition coefficient (Wildman–Crippen LogP) is 6.90. The van der Waals surface area contributed by atoms with E-state index in [1.165, 1.54) is 0 Å². The van der Waals surface area contributed by atoms with Gasteiger partial charge in [-0.1, -0.05) is 33.8 Å². The second-order valence-corrected chi connectivity index (χ2v) is 17.8. The Labute approximate surface area is 356 Å². The summed E-state index contributed by atoms with van der Waals surface area (Å²) in [5.41, 5.74) is -0.787. The molecule has 14 heteroatoms. The Balaban J connectivity index is 1.41. The molecule has 60 heavy (non-hydrogen) atoms. The number of aromatic nitrogens is 3. The summed E-state index contributed by atoms with van der Waals surface area (Å²) in [6, 6.07) is 3.24. The standard InChI is InChI=1S/C46H69N5O9/c1-12-14-20-49(10)35-23-30(4)57-38(24-35)59-42-32(6)40(53)33(7)43(54)58-37(13-2)46(9)41(31(5)39(52)29(3)25-45(42,8)56-11)51(44(55)60-46)22-16-15-21-50-27-36(48-28-50)34-18-17-19-47-26-34/h12,17-19,26-33,35,37-38,41-42H,1,13-16,20-25H2,2-11H3/t29-,30-,31+,32+,33-,35+,37-,38+,41?,42-,45-,46-/m1/s1. The Kier molecular flexibility index (Phi) is 15.9. The number of esters is 1. The highest BCUT2D eigenvalue weighted by Gasteiger charge is 2.60. The third kappa shape index (κ3) is 10.4. The van der Waals surface area contributed by atoms with Crippen molar-refractivity contribution < 1.29 is 42.9 Å². The maximum atomic E-state index is 14.8. The van der Waals surface area contributed by atoms with Crippen molar-refractivity contribution >= 4 is 23.6 Å². The third-order valence-electron chi connectivity index (χ3n) is 13.3. The predicted molar refractivity (Wildman–Crippen MR) is 227 cm³/mol. The Morgan fingerprint density at radius 3 is 2.43 bits per heavy atom. The van der Waals surface area contributed by atoms with E-state index in [4.69, 9.17) is 23.7 Å². The molecule has 5 heterocycles. The van der Waals surface area contributed by atoms with Gasteiger partial charge in [0.2, 0.25) is 0 Å². The van der Waals surface area contributed by atoms with Crippen molar-refractivity contribution in [3.8, 4) is 11.3 Å². The molecule has 0 radical (unpaired) electrons. The van der Waals surface area contributed by atoms with Gasteiger partial charge in [0, 0.05) is 81.1 Å². The number of hydrogen-bond acceptors (Lipinski definition) is 12. The molecular weight excluding hydrogens is 767 g/mol. The molecule has 332 valence electrons. The van der Waals surface area contributed by atoms with Crippen molar-refractivity contribution in [3.05, 3.63) is 49.7 Å². The number of unbranched alkanes of at least 4 members (excludes halogenated alkanes) is 1. The summed E-state index contributed by atoms with van der Waals surface area (Å²) in [4.78, 5) is 69.7. The lowest BCUT2D eigenvalue weighted by Crippen LogP contribution is -2.59. The number of cyclic esters (lactones) is 1. The quantitative estimate of drug-likeness (QED) is 0.0843. The minimum atomic E-state index is -1.38. The van der Waals surface area contributed by atoms with Crippen LogP contribution in [0.3, 0.4) is 0 Å². The number of carbonyl (C=O) groups is 4. The molecule has 5 rings (SSSR count). The zero-order valence-corrected chi connectivity index (χ0v) is 37.5. The molecule has 0 bridgehead atoms. The van der Waals surface area contributed by atoms with Crippen molar-refractivity contribution in [2.45, 2.75) is 155 Å². The maximum absolute atomic E-state index is 14.8. The summed E-state index contributed by atoms with van der Waals surface area (Å²) in [6.07, 6.45) is 10.1. The van der Waals surface area contributed by atoms with E-state index in [0.717, 1.165) is 37.1 Å². The molecule has 12 atom stereocenters. The number of methoxy groups -OCH3 is 1. The third-order valence-corrected chi connectivity index (χ3v) is 13.3. The zero-order valence-electron chi connectivity index (χ0n) is 37.5. The molecule has 0 saturated carbocycles. The molecule has 0 aromatic carbocycles. The van der Waals surface area contributed by atoms with Crippen LogP contribution in [0.15, 0.2) is 49.7 Å². The number of pyridine rings is 1. The Morgan fingerprint density at radius 2 is 1.77 bits per heavy atom. The molecule has 1 unspecified atom stereocenters. The first-order chi connectivity index (χ1) is 28.5. The number of ketones is 2. The van der Waals surface area contributed by atoms with E-state index in [2.05, 4.69) is 28.5 Å². The monoisotopic (exact) mass is 836 g/mol. The van der Waals surface area contributed by atoms with Gasteiger partial charge in [-0.3, -0.25) is 19.4 Å². The van der Waals surface area contributed by atoms with E-state index in [1.54, 1.807) is 51.5 Å². The van der Waals surface area contributed by atoms with Crippen LogP contribution in [0.1, 0.15) is 100 Å². The summed E-state index contributed by atoms with van der Waals surface area (Å²) >= 11 is 0. The lowest BCUT2D eigenvalue weighted by atomic mass is 9.73.